The molecule has 0 fully saturated rings. The first kappa shape index (κ1) is 21.6. The van der Waals surface area contributed by atoms with Crippen molar-refractivity contribution in [3.63, 3.8) is 0 Å². The molecule has 7 heteroatoms. The lowest BCUT2D eigenvalue weighted by atomic mass is 10.2. The van der Waals surface area contributed by atoms with Gasteiger partial charge in [0.2, 0.25) is 0 Å². The molecule has 1 aromatic rings. The third-order valence-electron chi connectivity index (χ3n) is 3.20. The van der Waals surface area contributed by atoms with Crippen molar-refractivity contribution >= 4 is 35.9 Å². The van der Waals surface area contributed by atoms with E-state index in [-0.39, 0.29) is 35.8 Å². The fraction of sp³-hybridized carbons (Fsp3) is 0.500. The van der Waals surface area contributed by atoms with Gasteiger partial charge in [0.15, 0.2) is 5.96 Å². The number of rotatable bonds is 7. The van der Waals surface area contributed by atoms with Crippen molar-refractivity contribution in [2.24, 2.45) is 4.99 Å². The molecule has 0 aliphatic carbocycles. The van der Waals surface area contributed by atoms with E-state index in [1.165, 1.54) is 19.2 Å². The number of nitrogens with zero attached hydrogens (tertiary/aromatic N) is 2. The Morgan fingerprint density at radius 2 is 2.13 bits per heavy atom. The van der Waals surface area contributed by atoms with Crippen molar-refractivity contribution in [2.75, 3.05) is 27.7 Å². The number of carbonyl (C=O) groups excluding carboxylic acids is 1. The maximum absolute atomic E-state index is 13.2. The molecule has 0 aliphatic heterocycles. The van der Waals surface area contributed by atoms with Gasteiger partial charge in [-0.15, -0.1) is 24.0 Å². The number of carbonyl (C=O) groups is 1. The number of halogens is 2. The summed E-state index contributed by atoms with van der Waals surface area (Å²) in [6.07, 6.45) is 2.04. The second-order valence-corrected chi connectivity index (χ2v) is 4.99. The Labute approximate surface area is 154 Å². The normalized spacial score (nSPS) is 10.7. The van der Waals surface area contributed by atoms with E-state index in [0.717, 1.165) is 30.9 Å². The Hall–Kier alpha value is -1.38. The zero-order valence-electron chi connectivity index (χ0n) is 13.8. The first-order valence-corrected chi connectivity index (χ1v) is 7.30. The van der Waals surface area contributed by atoms with E-state index in [0.29, 0.717) is 13.0 Å². The van der Waals surface area contributed by atoms with Crippen molar-refractivity contribution in [2.45, 2.75) is 25.8 Å². The van der Waals surface area contributed by atoms with Gasteiger partial charge < -0.3 is 15.0 Å². The van der Waals surface area contributed by atoms with Gasteiger partial charge in [-0.25, -0.2) is 4.39 Å². The van der Waals surface area contributed by atoms with E-state index in [2.05, 4.69) is 15.0 Å². The smallest absolute Gasteiger partial charge is 0.305 e. The average molecular weight is 437 g/mol. The Kier molecular flexibility index (Phi) is 11.4. The van der Waals surface area contributed by atoms with Gasteiger partial charge >= 0.3 is 5.97 Å². The molecule has 0 saturated heterocycles. The van der Waals surface area contributed by atoms with E-state index in [4.69, 9.17) is 0 Å². The highest BCUT2D eigenvalue weighted by Gasteiger charge is 2.07. The SMILES string of the molecule is CN=C(NCCCCC(=O)OC)N(C)Cc1cccc(F)c1.I. The number of esters is 1. The van der Waals surface area contributed by atoms with Crippen LogP contribution in [0.2, 0.25) is 0 Å². The summed E-state index contributed by atoms with van der Waals surface area (Å²) in [7, 11) is 5.00. The maximum Gasteiger partial charge on any atom is 0.305 e. The first-order chi connectivity index (χ1) is 10.6. The second-order valence-electron chi connectivity index (χ2n) is 4.99. The van der Waals surface area contributed by atoms with E-state index in [9.17, 15) is 9.18 Å². The topological polar surface area (TPSA) is 53.9 Å². The zero-order valence-corrected chi connectivity index (χ0v) is 16.2. The number of hydrogen-bond donors (Lipinski definition) is 1. The minimum atomic E-state index is -0.239. The molecule has 0 spiro atoms. The predicted molar refractivity (Wildman–Crippen MR) is 101 cm³/mol. The minimum absolute atomic E-state index is 0. The fourth-order valence-corrected chi connectivity index (χ4v) is 2.07. The molecular formula is C16H25FIN3O2. The zero-order chi connectivity index (χ0) is 16.4. The molecule has 23 heavy (non-hydrogen) atoms. The molecule has 0 aromatic heterocycles. The second kappa shape index (κ2) is 12.1. The van der Waals surface area contributed by atoms with Crippen molar-refractivity contribution in [3.05, 3.63) is 35.6 Å². The molecule has 0 heterocycles. The molecule has 0 amide bonds. The van der Waals surface area contributed by atoms with E-state index >= 15 is 0 Å². The van der Waals surface area contributed by atoms with Crippen LogP contribution in [0.1, 0.15) is 24.8 Å². The number of aliphatic imine (C=N–C) groups is 1. The largest absolute Gasteiger partial charge is 0.469 e. The minimum Gasteiger partial charge on any atom is -0.469 e. The number of benzene rings is 1. The molecule has 0 unspecified atom stereocenters. The van der Waals surface area contributed by atoms with Crippen LogP contribution in [-0.2, 0) is 16.1 Å². The molecule has 0 radical (unpaired) electrons. The number of guanidine groups is 1. The Morgan fingerprint density at radius 1 is 1.39 bits per heavy atom. The Bertz CT molecular complexity index is 512. The number of nitrogens with one attached hydrogen (secondary N) is 1. The number of ether oxygens (including phenoxy) is 1. The summed E-state index contributed by atoms with van der Waals surface area (Å²) in [4.78, 5) is 17.1. The van der Waals surface area contributed by atoms with E-state index in [1.807, 2.05) is 18.0 Å². The van der Waals surface area contributed by atoms with Crippen LogP contribution in [0.3, 0.4) is 0 Å². The van der Waals surface area contributed by atoms with Crippen LogP contribution in [-0.4, -0.2) is 44.6 Å². The monoisotopic (exact) mass is 437 g/mol. The first-order valence-electron chi connectivity index (χ1n) is 7.30. The predicted octanol–water partition coefficient (Wildman–Crippen LogP) is 2.79. The van der Waals surface area contributed by atoms with Crippen molar-refractivity contribution in [3.8, 4) is 0 Å². The molecule has 1 N–H and O–H groups in total. The third-order valence-corrected chi connectivity index (χ3v) is 3.20. The van der Waals surface area contributed by atoms with Gasteiger partial charge in [-0.2, -0.15) is 0 Å². The van der Waals surface area contributed by atoms with E-state index in [1.54, 1.807) is 13.1 Å². The molecule has 1 aromatic carbocycles. The summed E-state index contributed by atoms with van der Waals surface area (Å²) in [5, 5.41) is 3.23. The summed E-state index contributed by atoms with van der Waals surface area (Å²) in [6.45, 7) is 1.29. The Morgan fingerprint density at radius 3 is 2.74 bits per heavy atom. The number of unbranched alkanes of at least 4 members (excludes halogenated alkanes) is 1. The summed E-state index contributed by atoms with van der Waals surface area (Å²) in [5.41, 5.74) is 0.885. The van der Waals surface area contributed by atoms with Gasteiger partial charge in [0.25, 0.3) is 0 Å². The standard InChI is InChI=1S/C16H24FN3O2.HI/c1-18-16(19-10-5-4-9-15(21)22-3)20(2)12-13-7-6-8-14(17)11-13;/h6-8,11H,4-5,9-10,12H2,1-3H3,(H,18,19);1H. The van der Waals surface area contributed by atoms with Crippen molar-refractivity contribution in [1.29, 1.82) is 0 Å². The highest BCUT2D eigenvalue weighted by atomic mass is 127. The van der Waals surface area contributed by atoms with Crippen LogP contribution in [0.15, 0.2) is 29.3 Å². The number of hydrogen-bond acceptors (Lipinski definition) is 3. The van der Waals surface area contributed by atoms with E-state index < -0.39 is 0 Å². The Balaban J connectivity index is 0.00000484. The molecule has 1 rings (SSSR count). The summed E-state index contributed by atoms with van der Waals surface area (Å²) in [6, 6.07) is 6.52. The summed E-state index contributed by atoms with van der Waals surface area (Å²) >= 11 is 0. The lowest BCUT2D eigenvalue weighted by Crippen LogP contribution is -2.38. The average Bonchev–Trinajstić information content (AvgIpc) is 2.50. The van der Waals surface area contributed by atoms with Gasteiger partial charge in [-0.3, -0.25) is 9.79 Å². The van der Waals surface area contributed by atoms with Crippen LogP contribution in [0, 0.1) is 5.82 Å². The molecule has 0 atom stereocenters. The van der Waals surface area contributed by atoms with Gasteiger partial charge in [0.05, 0.1) is 7.11 Å². The molecule has 130 valence electrons. The van der Waals surface area contributed by atoms with Crippen molar-refractivity contribution < 1.29 is 13.9 Å². The van der Waals surface area contributed by atoms with Crippen LogP contribution >= 0.6 is 24.0 Å². The number of methoxy groups -OCH3 is 1. The van der Waals surface area contributed by atoms with Gasteiger partial charge in [-0.05, 0) is 30.5 Å². The van der Waals surface area contributed by atoms with Gasteiger partial charge in [-0.1, -0.05) is 12.1 Å². The lowest BCUT2D eigenvalue weighted by molar-refractivity contribution is -0.140. The quantitative estimate of drug-likeness (QED) is 0.234. The van der Waals surface area contributed by atoms with Crippen LogP contribution < -0.4 is 5.32 Å². The molecular weight excluding hydrogens is 412 g/mol. The van der Waals surface area contributed by atoms with Gasteiger partial charge in [0.1, 0.15) is 5.82 Å². The highest BCUT2D eigenvalue weighted by Crippen LogP contribution is 2.06. The van der Waals surface area contributed by atoms with Crippen LogP contribution in [0.5, 0.6) is 0 Å². The molecule has 5 nitrogen and oxygen atoms in total. The maximum atomic E-state index is 13.2. The molecule has 0 aliphatic rings. The molecule has 0 bridgehead atoms. The summed E-state index contributed by atoms with van der Waals surface area (Å²) in [5.74, 6) is 0.312. The lowest BCUT2D eigenvalue weighted by Gasteiger charge is -2.22. The highest BCUT2D eigenvalue weighted by molar-refractivity contribution is 14.0. The van der Waals surface area contributed by atoms with Crippen LogP contribution in [0.25, 0.3) is 0 Å². The summed E-state index contributed by atoms with van der Waals surface area (Å²) < 4.78 is 17.8. The molecule has 0 saturated carbocycles. The van der Waals surface area contributed by atoms with Gasteiger partial charge in [0, 0.05) is 33.6 Å². The van der Waals surface area contributed by atoms with Crippen molar-refractivity contribution in [1.82, 2.24) is 10.2 Å². The van der Waals surface area contributed by atoms with Crippen LogP contribution in [0.4, 0.5) is 4.39 Å². The fourth-order valence-electron chi connectivity index (χ4n) is 2.07. The third kappa shape index (κ3) is 8.73.